The average Bonchev–Trinajstić information content (AvgIpc) is 2.77. The van der Waals surface area contributed by atoms with Crippen LogP contribution in [0, 0.1) is 16.2 Å². The predicted octanol–water partition coefficient (Wildman–Crippen LogP) is 7.73. The van der Waals surface area contributed by atoms with Crippen LogP contribution in [0.2, 0.25) is 0 Å². The van der Waals surface area contributed by atoms with Crippen LogP contribution in [-0.2, 0) is 9.47 Å². The molecule has 2 atom stereocenters. The van der Waals surface area contributed by atoms with Crippen LogP contribution in [0.1, 0.15) is 95.9 Å². The number of carbonyl (C=O) groups excluding carboxylic acids is 2. The number of carbonyl (C=O) groups is 2. The number of esters is 2. The lowest BCUT2D eigenvalue weighted by Gasteiger charge is -2.58. The maximum atomic E-state index is 13.1. The molecule has 4 heteroatoms. The maximum absolute atomic E-state index is 13.1. The Balaban J connectivity index is 2.19. The van der Waals surface area contributed by atoms with Crippen LogP contribution in [0.15, 0.2) is 60.7 Å². The van der Waals surface area contributed by atoms with Gasteiger partial charge in [0.1, 0.15) is 5.60 Å². The van der Waals surface area contributed by atoms with Crippen molar-refractivity contribution < 1.29 is 19.1 Å². The van der Waals surface area contributed by atoms with E-state index in [1.165, 1.54) is 0 Å². The van der Waals surface area contributed by atoms with E-state index in [2.05, 4.69) is 55.4 Å². The van der Waals surface area contributed by atoms with Crippen molar-refractivity contribution in [2.45, 2.75) is 86.9 Å². The quantitative estimate of drug-likeness (QED) is 0.355. The third-order valence-corrected chi connectivity index (χ3v) is 8.12. The summed E-state index contributed by atoms with van der Waals surface area (Å²) in [5.41, 5.74) is -0.593. The summed E-state index contributed by atoms with van der Waals surface area (Å²) in [7, 11) is 0. The van der Waals surface area contributed by atoms with Gasteiger partial charge in [-0.25, -0.2) is 9.59 Å². The van der Waals surface area contributed by atoms with Crippen molar-refractivity contribution in [3.63, 3.8) is 0 Å². The third kappa shape index (κ3) is 5.89. The summed E-state index contributed by atoms with van der Waals surface area (Å²) in [5.74, 6) is -0.617. The Hall–Kier alpha value is -2.62. The largest absolute Gasteiger partial charge is 0.459 e. The first-order valence-electron chi connectivity index (χ1n) is 12.2. The van der Waals surface area contributed by atoms with Gasteiger partial charge in [-0.3, -0.25) is 0 Å². The SMILES string of the molecule is CC(CCC(C)(C)C(C)(C)C(C)(OC(=O)c1ccccc1)C(C)(C)C)OC(=O)c1ccccc1. The van der Waals surface area contributed by atoms with Crippen molar-refractivity contribution in [2.24, 2.45) is 16.2 Å². The molecule has 186 valence electrons. The van der Waals surface area contributed by atoms with Crippen LogP contribution < -0.4 is 0 Å². The second-order valence-corrected chi connectivity index (χ2v) is 11.7. The molecule has 2 aromatic rings. The van der Waals surface area contributed by atoms with Crippen LogP contribution in [0.25, 0.3) is 0 Å². The van der Waals surface area contributed by atoms with Gasteiger partial charge in [0.15, 0.2) is 0 Å². The Morgan fingerprint density at radius 3 is 1.62 bits per heavy atom. The molecule has 0 aliphatic heterocycles. The van der Waals surface area contributed by atoms with E-state index in [4.69, 9.17) is 9.47 Å². The van der Waals surface area contributed by atoms with Gasteiger partial charge < -0.3 is 9.47 Å². The number of ether oxygens (including phenoxy) is 2. The Morgan fingerprint density at radius 1 is 0.735 bits per heavy atom. The highest BCUT2D eigenvalue weighted by molar-refractivity contribution is 5.90. The molecule has 0 spiro atoms. The standard InChI is InChI=1S/C30H42O4/c1-22(33-25(31)23-16-12-10-13-17-23)20-21-28(5,6)29(7,8)30(9,27(2,3)4)34-26(32)24-18-14-11-15-19-24/h10-19,22H,20-21H2,1-9H3. The zero-order valence-electron chi connectivity index (χ0n) is 22.4. The summed E-state index contributed by atoms with van der Waals surface area (Å²) in [6.45, 7) is 19.1. The van der Waals surface area contributed by atoms with Crippen molar-refractivity contribution in [1.29, 1.82) is 0 Å². The molecule has 0 aliphatic carbocycles. The Kier molecular flexibility index (Phi) is 8.39. The molecule has 0 aromatic heterocycles. The fourth-order valence-corrected chi connectivity index (χ4v) is 4.44. The van der Waals surface area contributed by atoms with Crippen LogP contribution in [0.5, 0.6) is 0 Å². The van der Waals surface area contributed by atoms with Crippen LogP contribution in [-0.4, -0.2) is 23.6 Å². The second kappa shape index (κ2) is 10.3. The van der Waals surface area contributed by atoms with E-state index in [-0.39, 0.29) is 28.9 Å². The van der Waals surface area contributed by atoms with Gasteiger partial charge >= 0.3 is 11.9 Å². The zero-order chi connectivity index (χ0) is 25.8. The van der Waals surface area contributed by atoms with Crippen LogP contribution in [0.3, 0.4) is 0 Å². The molecule has 0 heterocycles. The van der Waals surface area contributed by atoms with Crippen molar-refractivity contribution in [1.82, 2.24) is 0 Å². The summed E-state index contributed by atoms with van der Waals surface area (Å²) in [4.78, 5) is 25.6. The Morgan fingerprint density at radius 2 is 1.18 bits per heavy atom. The first-order chi connectivity index (χ1) is 15.6. The summed E-state index contributed by atoms with van der Waals surface area (Å²) >= 11 is 0. The van der Waals surface area contributed by atoms with Gasteiger partial charge in [0.25, 0.3) is 0 Å². The molecule has 0 amide bonds. The maximum Gasteiger partial charge on any atom is 0.338 e. The first-order valence-corrected chi connectivity index (χ1v) is 12.2. The minimum Gasteiger partial charge on any atom is -0.459 e. The summed E-state index contributed by atoms with van der Waals surface area (Å²) in [6.07, 6.45) is 1.29. The Labute approximate surface area is 206 Å². The molecule has 0 saturated heterocycles. The van der Waals surface area contributed by atoms with Gasteiger partial charge in [-0.2, -0.15) is 0 Å². The lowest BCUT2D eigenvalue weighted by Crippen LogP contribution is -2.60. The predicted molar refractivity (Wildman–Crippen MR) is 138 cm³/mol. The van der Waals surface area contributed by atoms with Crippen LogP contribution >= 0.6 is 0 Å². The van der Waals surface area contributed by atoms with Gasteiger partial charge in [0.05, 0.1) is 17.2 Å². The smallest absolute Gasteiger partial charge is 0.338 e. The summed E-state index contributed by atoms with van der Waals surface area (Å²) in [6, 6.07) is 18.2. The molecule has 2 unspecified atom stereocenters. The minimum absolute atomic E-state index is 0.223. The van der Waals surface area contributed by atoms with Gasteiger partial charge in [0.2, 0.25) is 0 Å². The number of rotatable bonds is 9. The summed E-state index contributed by atoms with van der Waals surface area (Å²) in [5, 5.41) is 0. The fraction of sp³-hybridized carbons (Fsp3) is 0.533. The van der Waals surface area contributed by atoms with E-state index < -0.39 is 11.0 Å². The highest BCUT2D eigenvalue weighted by Crippen LogP contribution is 2.57. The van der Waals surface area contributed by atoms with Crippen molar-refractivity contribution in [2.75, 3.05) is 0 Å². The summed E-state index contributed by atoms with van der Waals surface area (Å²) < 4.78 is 12.0. The molecule has 4 nitrogen and oxygen atoms in total. The molecule has 2 rings (SSSR count). The third-order valence-electron chi connectivity index (χ3n) is 8.12. The van der Waals surface area contributed by atoms with Gasteiger partial charge in [0, 0.05) is 10.8 Å². The van der Waals surface area contributed by atoms with Crippen molar-refractivity contribution in [3.05, 3.63) is 71.8 Å². The monoisotopic (exact) mass is 466 g/mol. The van der Waals surface area contributed by atoms with E-state index in [0.717, 1.165) is 6.42 Å². The molecule has 0 N–H and O–H groups in total. The average molecular weight is 467 g/mol. The lowest BCUT2D eigenvalue weighted by atomic mass is 9.51. The van der Waals surface area contributed by atoms with Gasteiger partial charge in [-0.15, -0.1) is 0 Å². The Bertz CT molecular complexity index is 954. The molecule has 2 aromatic carbocycles. The molecular weight excluding hydrogens is 424 g/mol. The zero-order valence-corrected chi connectivity index (χ0v) is 22.4. The lowest BCUT2D eigenvalue weighted by molar-refractivity contribution is -0.179. The molecule has 0 radical (unpaired) electrons. The molecule has 0 saturated carbocycles. The van der Waals surface area contributed by atoms with Crippen molar-refractivity contribution in [3.8, 4) is 0 Å². The molecule has 0 aliphatic rings. The van der Waals surface area contributed by atoms with Gasteiger partial charge in [-0.05, 0) is 56.4 Å². The topological polar surface area (TPSA) is 52.6 Å². The second-order valence-electron chi connectivity index (χ2n) is 11.7. The first kappa shape index (κ1) is 27.6. The van der Waals surface area contributed by atoms with Crippen LogP contribution in [0.4, 0.5) is 0 Å². The highest BCUT2D eigenvalue weighted by atomic mass is 16.6. The van der Waals surface area contributed by atoms with Gasteiger partial charge in [-0.1, -0.05) is 84.9 Å². The molecule has 34 heavy (non-hydrogen) atoms. The number of hydrogen-bond acceptors (Lipinski definition) is 4. The molecular formula is C30H42O4. The molecule has 0 bridgehead atoms. The fourth-order valence-electron chi connectivity index (χ4n) is 4.44. The number of benzene rings is 2. The number of hydrogen-bond donors (Lipinski definition) is 0. The minimum atomic E-state index is -0.764. The van der Waals surface area contributed by atoms with E-state index >= 15 is 0 Å². The van der Waals surface area contributed by atoms with Crippen molar-refractivity contribution >= 4 is 11.9 Å². The highest BCUT2D eigenvalue weighted by Gasteiger charge is 2.58. The van der Waals surface area contributed by atoms with E-state index in [9.17, 15) is 9.59 Å². The normalized spacial score (nSPS) is 15.2. The van der Waals surface area contributed by atoms with E-state index in [1.54, 1.807) is 24.3 Å². The van der Waals surface area contributed by atoms with E-state index in [1.807, 2.05) is 43.3 Å². The van der Waals surface area contributed by atoms with E-state index in [0.29, 0.717) is 17.5 Å². The molecule has 0 fully saturated rings.